The van der Waals surface area contributed by atoms with Gasteiger partial charge in [-0.1, -0.05) is 12.2 Å². The van der Waals surface area contributed by atoms with Crippen LogP contribution in [0.4, 0.5) is 0 Å². The molecule has 4 saturated carbocycles. The molecule has 5 nitrogen and oxygen atoms in total. The molecule has 5 heteroatoms. The molecule has 4 aliphatic carbocycles. The minimum Gasteiger partial charge on any atom is -0.481 e. The van der Waals surface area contributed by atoms with E-state index in [2.05, 4.69) is 6.58 Å². The topological polar surface area (TPSA) is 80.7 Å². The monoisotopic (exact) mass is 330 g/mol. The van der Waals surface area contributed by atoms with Crippen molar-refractivity contribution >= 4 is 17.7 Å². The molecule has 5 rings (SSSR count). The molecule has 0 unspecified atom stereocenters. The Bertz CT molecular complexity index is 725. The maximum Gasteiger partial charge on any atom is 0.320 e. The van der Waals surface area contributed by atoms with Crippen molar-refractivity contribution in [2.24, 2.45) is 34.5 Å². The maximum atomic E-state index is 12.7. The van der Waals surface area contributed by atoms with Crippen LogP contribution in [0, 0.1) is 34.5 Å². The van der Waals surface area contributed by atoms with Gasteiger partial charge in [-0.25, -0.2) is 0 Å². The van der Waals surface area contributed by atoms with Gasteiger partial charge in [0.1, 0.15) is 11.0 Å². The molecule has 0 aromatic carbocycles. The van der Waals surface area contributed by atoms with Gasteiger partial charge in [0.15, 0.2) is 5.78 Å². The molecule has 0 amide bonds. The maximum absolute atomic E-state index is 12.7. The fourth-order valence-corrected chi connectivity index (χ4v) is 7.47. The number of hydrogen-bond donors (Lipinski definition) is 1. The summed E-state index contributed by atoms with van der Waals surface area (Å²) < 4.78 is 5.95. The number of esters is 1. The van der Waals surface area contributed by atoms with Gasteiger partial charge in [-0.05, 0) is 50.4 Å². The van der Waals surface area contributed by atoms with Gasteiger partial charge in [0.25, 0.3) is 0 Å². The number of carbonyl (C=O) groups excluding carboxylic acids is 2. The van der Waals surface area contributed by atoms with E-state index in [1.807, 2.05) is 0 Å². The molecular weight excluding hydrogens is 308 g/mol. The highest BCUT2D eigenvalue weighted by Gasteiger charge is 2.83. The molecule has 24 heavy (non-hydrogen) atoms. The number of carboxylic acid groups (broad SMARTS) is 1. The summed E-state index contributed by atoms with van der Waals surface area (Å²) in [5.41, 5.74) is -1.27. The predicted octanol–water partition coefficient (Wildman–Crippen LogP) is 2.34. The lowest BCUT2D eigenvalue weighted by molar-refractivity contribution is -0.161. The predicted molar refractivity (Wildman–Crippen MR) is 82.8 cm³/mol. The molecule has 7 atom stereocenters. The zero-order valence-electron chi connectivity index (χ0n) is 13.8. The van der Waals surface area contributed by atoms with E-state index < -0.39 is 34.8 Å². The molecule has 1 spiro atoms. The van der Waals surface area contributed by atoms with Crippen molar-refractivity contribution in [3.8, 4) is 0 Å². The van der Waals surface area contributed by atoms with Crippen LogP contribution in [0.1, 0.15) is 45.4 Å². The van der Waals surface area contributed by atoms with Gasteiger partial charge >= 0.3 is 11.9 Å². The Hall–Kier alpha value is -1.65. The third-order valence-corrected chi connectivity index (χ3v) is 8.24. The molecule has 1 aliphatic heterocycles. The minimum absolute atomic E-state index is 0.0467. The van der Waals surface area contributed by atoms with Crippen LogP contribution < -0.4 is 0 Å². The molecule has 0 aromatic rings. The van der Waals surface area contributed by atoms with Crippen LogP contribution in [-0.2, 0) is 19.1 Å². The van der Waals surface area contributed by atoms with Crippen LogP contribution in [0.3, 0.4) is 0 Å². The first-order valence-corrected chi connectivity index (χ1v) is 8.94. The summed E-state index contributed by atoms with van der Waals surface area (Å²) in [6.07, 6.45) is 4.22. The third kappa shape index (κ3) is 1.24. The zero-order valence-corrected chi connectivity index (χ0v) is 13.8. The Morgan fingerprint density at radius 3 is 2.79 bits per heavy atom. The molecular formula is C19H22O5. The molecule has 0 radical (unpaired) electrons. The highest BCUT2D eigenvalue weighted by molar-refractivity contribution is 6.07. The van der Waals surface area contributed by atoms with Crippen molar-refractivity contribution in [3.63, 3.8) is 0 Å². The number of Topliss-reactive ketones (excluding diaryl/α,β-unsaturated/α-hetero) is 1. The van der Waals surface area contributed by atoms with Crippen LogP contribution in [0.15, 0.2) is 12.2 Å². The van der Waals surface area contributed by atoms with E-state index >= 15 is 0 Å². The molecule has 0 aromatic heterocycles. The number of fused-ring (bicyclic) bond motifs is 1. The summed E-state index contributed by atoms with van der Waals surface area (Å²) in [4.78, 5) is 37.7. The number of aliphatic carboxylic acids is 1. The van der Waals surface area contributed by atoms with Gasteiger partial charge in [0.05, 0.1) is 5.92 Å². The molecule has 1 N–H and O–H groups in total. The summed E-state index contributed by atoms with van der Waals surface area (Å²) in [6.45, 7) is 5.84. The van der Waals surface area contributed by atoms with Crippen molar-refractivity contribution in [1.82, 2.24) is 0 Å². The number of carbonyl (C=O) groups is 3. The van der Waals surface area contributed by atoms with Crippen molar-refractivity contribution in [1.29, 1.82) is 0 Å². The van der Waals surface area contributed by atoms with E-state index in [9.17, 15) is 19.5 Å². The quantitative estimate of drug-likeness (QED) is 0.453. The molecule has 1 heterocycles. The second-order valence-corrected chi connectivity index (χ2v) is 8.86. The largest absolute Gasteiger partial charge is 0.481 e. The number of allylic oxidation sites excluding steroid dienone is 1. The number of ketones is 1. The first kappa shape index (κ1) is 14.7. The smallest absolute Gasteiger partial charge is 0.320 e. The Morgan fingerprint density at radius 2 is 2.08 bits per heavy atom. The Labute approximate surface area is 140 Å². The van der Waals surface area contributed by atoms with E-state index in [-0.39, 0.29) is 17.1 Å². The average molecular weight is 330 g/mol. The summed E-state index contributed by atoms with van der Waals surface area (Å²) in [7, 11) is 0. The first-order valence-electron chi connectivity index (χ1n) is 8.94. The van der Waals surface area contributed by atoms with Crippen molar-refractivity contribution < 1.29 is 24.2 Å². The SMILES string of the molecule is C=C1C[C@]23C[C@H]1CC[C@H]2[C@@]12CCC(=O)[C@@](C)(C(=O)O1)[C@H]2[C@@H]3C(=O)O. The van der Waals surface area contributed by atoms with Gasteiger partial charge in [-0.2, -0.15) is 0 Å². The second-order valence-electron chi connectivity index (χ2n) is 8.86. The van der Waals surface area contributed by atoms with Gasteiger partial charge in [0.2, 0.25) is 0 Å². The average Bonchev–Trinajstić information content (AvgIpc) is 2.98. The normalized spacial score (nSPS) is 54.5. The van der Waals surface area contributed by atoms with E-state index in [4.69, 9.17) is 4.74 Å². The van der Waals surface area contributed by atoms with Gasteiger partial charge < -0.3 is 9.84 Å². The number of ether oxygens (including phenoxy) is 1. The summed E-state index contributed by atoms with van der Waals surface area (Å²) in [6, 6.07) is 0. The lowest BCUT2D eigenvalue weighted by atomic mass is 9.59. The van der Waals surface area contributed by atoms with Crippen LogP contribution in [0.25, 0.3) is 0 Å². The summed E-state index contributed by atoms with van der Waals surface area (Å²) >= 11 is 0. The summed E-state index contributed by atoms with van der Waals surface area (Å²) in [5, 5.41) is 10.1. The van der Waals surface area contributed by atoms with Crippen molar-refractivity contribution in [3.05, 3.63) is 12.2 Å². The fourth-order valence-electron chi connectivity index (χ4n) is 7.47. The van der Waals surface area contributed by atoms with Gasteiger partial charge in [-0.15, -0.1) is 0 Å². The van der Waals surface area contributed by atoms with Crippen molar-refractivity contribution in [2.75, 3.05) is 0 Å². The Kier molecular flexibility index (Phi) is 2.41. The lowest BCUT2D eigenvalue weighted by Crippen LogP contribution is -2.51. The van der Waals surface area contributed by atoms with Crippen LogP contribution in [0.2, 0.25) is 0 Å². The van der Waals surface area contributed by atoms with Crippen LogP contribution in [0.5, 0.6) is 0 Å². The zero-order chi connectivity index (χ0) is 17.1. The molecule has 4 bridgehead atoms. The molecule has 128 valence electrons. The highest BCUT2D eigenvalue weighted by Crippen LogP contribution is 2.77. The standard InChI is InChI=1S/C19H22O5/c1-9-7-18-8-10(9)3-4-11(18)19-6-5-12(20)17(2,16(23)24-19)14(19)13(18)15(21)22/h10-11,13-14H,1,3-8H2,2H3,(H,21,22)/t10-,11-,13-,14-,17-,18+,19-/m1/s1. The van der Waals surface area contributed by atoms with E-state index in [1.54, 1.807) is 6.92 Å². The number of rotatable bonds is 1. The van der Waals surface area contributed by atoms with Crippen LogP contribution in [-0.4, -0.2) is 28.4 Å². The van der Waals surface area contributed by atoms with E-state index in [0.717, 1.165) is 24.8 Å². The van der Waals surface area contributed by atoms with E-state index in [1.165, 1.54) is 0 Å². The number of carboxylic acids is 1. The minimum atomic E-state index is -1.28. The second kappa shape index (κ2) is 3.94. The van der Waals surface area contributed by atoms with Crippen LogP contribution >= 0.6 is 0 Å². The fraction of sp³-hybridized carbons (Fsp3) is 0.737. The van der Waals surface area contributed by atoms with Crippen molar-refractivity contribution in [2.45, 2.75) is 51.0 Å². The molecule has 5 aliphatic rings. The third-order valence-electron chi connectivity index (χ3n) is 8.24. The Morgan fingerprint density at radius 1 is 1.33 bits per heavy atom. The lowest BCUT2D eigenvalue weighted by Gasteiger charge is -2.43. The molecule has 1 saturated heterocycles. The van der Waals surface area contributed by atoms with Gasteiger partial charge in [0, 0.05) is 18.3 Å². The number of hydrogen-bond acceptors (Lipinski definition) is 4. The van der Waals surface area contributed by atoms with Gasteiger partial charge in [-0.3, -0.25) is 14.4 Å². The highest BCUT2D eigenvalue weighted by atomic mass is 16.6. The summed E-state index contributed by atoms with van der Waals surface area (Å²) in [5.74, 6) is -2.28. The molecule has 5 fully saturated rings. The Balaban J connectivity index is 1.77. The first-order chi connectivity index (χ1) is 11.3. The van der Waals surface area contributed by atoms with E-state index in [0.29, 0.717) is 25.2 Å².